The van der Waals surface area contributed by atoms with Crippen LogP contribution in [0.25, 0.3) is 0 Å². The van der Waals surface area contributed by atoms with E-state index >= 15 is 0 Å². The minimum Gasteiger partial charge on any atom is -0.497 e. The molecule has 0 spiro atoms. The lowest BCUT2D eigenvalue weighted by Gasteiger charge is -2.35. The van der Waals surface area contributed by atoms with Gasteiger partial charge in [-0.25, -0.2) is 4.98 Å². The van der Waals surface area contributed by atoms with Crippen molar-refractivity contribution >= 4 is 17.4 Å². The Bertz CT molecular complexity index is 1230. The molecule has 1 N–H and O–H groups in total. The first-order valence-electron chi connectivity index (χ1n) is 11.6. The van der Waals surface area contributed by atoms with E-state index in [4.69, 9.17) is 9.47 Å². The zero-order valence-corrected chi connectivity index (χ0v) is 20.3. The van der Waals surface area contributed by atoms with E-state index in [1.807, 2.05) is 17.0 Å². The van der Waals surface area contributed by atoms with Gasteiger partial charge in [-0.05, 0) is 18.2 Å². The molecular weight excluding hydrogens is 462 g/mol. The van der Waals surface area contributed by atoms with E-state index < -0.39 is 0 Å². The van der Waals surface area contributed by atoms with Crippen LogP contribution in [-0.2, 0) is 13.1 Å². The molecular formula is C26H29N5O5. The number of carbonyl (C=O) groups is 1. The van der Waals surface area contributed by atoms with Gasteiger partial charge in [-0.3, -0.25) is 19.8 Å². The first kappa shape index (κ1) is 24.9. The molecule has 2 heterocycles. The Balaban J connectivity index is 1.37. The molecule has 1 aromatic heterocycles. The van der Waals surface area contributed by atoms with E-state index in [1.54, 1.807) is 56.8 Å². The largest absolute Gasteiger partial charge is 0.497 e. The van der Waals surface area contributed by atoms with E-state index in [2.05, 4.69) is 15.2 Å². The number of rotatable bonds is 9. The normalized spacial score (nSPS) is 13.8. The van der Waals surface area contributed by atoms with Crippen LogP contribution in [0, 0.1) is 10.1 Å². The maximum atomic E-state index is 13.1. The monoisotopic (exact) mass is 491 g/mol. The number of methoxy groups -OCH3 is 2. The molecule has 36 heavy (non-hydrogen) atoms. The Morgan fingerprint density at radius 3 is 2.50 bits per heavy atom. The molecule has 3 aromatic rings. The number of hydrogen-bond acceptors (Lipinski definition) is 8. The number of amides is 1. The third-order valence-corrected chi connectivity index (χ3v) is 6.22. The van der Waals surface area contributed by atoms with Crippen molar-refractivity contribution in [2.45, 2.75) is 13.1 Å². The standard InChI is InChI=1S/C26H29N5O5/c1-35-21-9-10-22(24(16-21)36-2)26(32)30-14-12-29(13-15-30)18-20-7-5-11-27-25(20)28-17-19-6-3-4-8-23(19)31(33)34/h3-11,16H,12-15,17-18H2,1-2H3,(H,27,28). The van der Waals surface area contributed by atoms with Crippen molar-refractivity contribution in [2.75, 3.05) is 45.7 Å². The highest BCUT2D eigenvalue weighted by Crippen LogP contribution is 2.26. The number of aromatic nitrogens is 1. The van der Waals surface area contributed by atoms with Crippen molar-refractivity contribution < 1.29 is 19.2 Å². The Morgan fingerprint density at radius 2 is 1.78 bits per heavy atom. The van der Waals surface area contributed by atoms with Gasteiger partial charge in [-0.1, -0.05) is 24.3 Å². The zero-order chi connectivity index (χ0) is 25.5. The minimum atomic E-state index is -0.376. The highest BCUT2D eigenvalue weighted by atomic mass is 16.6. The number of nitro groups is 1. The summed E-state index contributed by atoms with van der Waals surface area (Å²) in [6.07, 6.45) is 1.70. The molecule has 1 fully saturated rings. The maximum absolute atomic E-state index is 13.1. The van der Waals surface area contributed by atoms with Crippen LogP contribution < -0.4 is 14.8 Å². The number of carbonyl (C=O) groups excluding carboxylic acids is 1. The smallest absolute Gasteiger partial charge is 0.274 e. The van der Waals surface area contributed by atoms with Gasteiger partial charge in [0.15, 0.2) is 0 Å². The first-order valence-corrected chi connectivity index (χ1v) is 11.6. The molecule has 0 atom stereocenters. The Labute approximate surface area is 209 Å². The summed E-state index contributed by atoms with van der Waals surface area (Å²) in [4.78, 5) is 32.6. The zero-order valence-electron chi connectivity index (χ0n) is 20.3. The second-order valence-electron chi connectivity index (χ2n) is 8.39. The van der Waals surface area contributed by atoms with E-state index in [0.717, 1.165) is 5.56 Å². The summed E-state index contributed by atoms with van der Waals surface area (Å²) in [5, 5.41) is 14.6. The van der Waals surface area contributed by atoms with Gasteiger partial charge >= 0.3 is 0 Å². The topological polar surface area (TPSA) is 110 Å². The van der Waals surface area contributed by atoms with Gasteiger partial charge in [0.25, 0.3) is 11.6 Å². The van der Waals surface area contributed by atoms with Crippen LogP contribution in [0.1, 0.15) is 21.5 Å². The van der Waals surface area contributed by atoms with Crippen LogP contribution in [0.2, 0.25) is 0 Å². The molecule has 0 unspecified atom stereocenters. The molecule has 1 aliphatic heterocycles. The molecule has 4 rings (SSSR count). The molecule has 0 aliphatic carbocycles. The van der Waals surface area contributed by atoms with E-state index in [0.29, 0.717) is 67.7 Å². The van der Waals surface area contributed by atoms with Crippen molar-refractivity contribution in [3.05, 3.63) is 87.6 Å². The Morgan fingerprint density at radius 1 is 1.03 bits per heavy atom. The molecule has 0 radical (unpaired) electrons. The highest BCUT2D eigenvalue weighted by molar-refractivity contribution is 5.97. The second-order valence-corrected chi connectivity index (χ2v) is 8.39. The van der Waals surface area contributed by atoms with Gasteiger partial charge in [0.1, 0.15) is 17.3 Å². The summed E-state index contributed by atoms with van der Waals surface area (Å²) in [5.74, 6) is 1.75. The number of hydrogen-bond donors (Lipinski definition) is 1. The molecule has 0 saturated carbocycles. The quantitative estimate of drug-likeness (QED) is 0.357. The van der Waals surface area contributed by atoms with Gasteiger partial charge in [-0.15, -0.1) is 0 Å². The van der Waals surface area contributed by atoms with Gasteiger partial charge in [0, 0.05) is 68.7 Å². The summed E-state index contributed by atoms with van der Waals surface area (Å²) in [7, 11) is 3.11. The van der Waals surface area contributed by atoms with Crippen molar-refractivity contribution in [1.82, 2.24) is 14.8 Å². The summed E-state index contributed by atoms with van der Waals surface area (Å²) < 4.78 is 10.6. The average Bonchev–Trinajstić information content (AvgIpc) is 2.92. The maximum Gasteiger partial charge on any atom is 0.274 e. The number of pyridine rings is 1. The predicted octanol–water partition coefficient (Wildman–Crippen LogP) is 3.58. The number of nitro benzene ring substituents is 1. The van der Waals surface area contributed by atoms with Crippen LogP contribution in [0.5, 0.6) is 11.5 Å². The molecule has 188 valence electrons. The average molecular weight is 492 g/mol. The molecule has 1 saturated heterocycles. The number of benzene rings is 2. The number of para-hydroxylation sites is 1. The third kappa shape index (κ3) is 5.72. The van der Waals surface area contributed by atoms with Crippen LogP contribution in [0.15, 0.2) is 60.8 Å². The Hall–Kier alpha value is -4.18. The first-order chi connectivity index (χ1) is 17.5. The van der Waals surface area contributed by atoms with Crippen molar-refractivity contribution in [3.63, 3.8) is 0 Å². The minimum absolute atomic E-state index is 0.0673. The summed E-state index contributed by atoms with van der Waals surface area (Å²) >= 11 is 0. The van der Waals surface area contributed by atoms with Gasteiger partial charge in [0.05, 0.1) is 24.7 Å². The van der Waals surface area contributed by atoms with Crippen molar-refractivity contribution in [2.24, 2.45) is 0 Å². The van der Waals surface area contributed by atoms with E-state index in [9.17, 15) is 14.9 Å². The van der Waals surface area contributed by atoms with E-state index in [1.165, 1.54) is 6.07 Å². The van der Waals surface area contributed by atoms with Crippen molar-refractivity contribution in [1.29, 1.82) is 0 Å². The van der Waals surface area contributed by atoms with Crippen molar-refractivity contribution in [3.8, 4) is 11.5 Å². The number of ether oxygens (including phenoxy) is 2. The van der Waals surface area contributed by atoms with Crippen LogP contribution in [0.3, 0.4) is 0 Å². The van der Waals surface area contributed by atoms with E-state index in [-0.39, 0.29) is 16.5 Å². The third-order valence-electron chi connectivity index (χ3n) is 6.22. The lowest BCUT2D eigenvalue weighted by Crippen LogP contribution is -2.48. The molecule has 2 aromatic carbocycles. The fraction of sp³-hybridized carbons (Fsp3) is 0.308. The SMILES string of the molecule is COc1ccc(C(=O)N2CCN(Cc3cccnc3NCc3ccccc3[N+](=O)[O-])CC2)c(OC)c1. The fourth-order valence-electron chi connectivity index (χ4n) is 4.24. The molecule has 1 amide bonds. The number of anilines is 1. The van der Waals surface area contributed by atoms with Crippen LogP contribution in [0.4, 0.5) is 11.5 Å². The number of nitrogens with one attached hydrogen (secondary N) is 1. The van der Waals surface area contributed by atoms with Crippen LogP contribution in [-0.4, -0.2) is 66.0 Å². The molecule has 10 nitrogen and oxygen atoms in total. The van der Waals surface area contributed by atoms with Gasteiger partial charge in [-0.2, -0.15) is 0 Å². The molecule has 10 heteroatoms. The molecule has 0 bridgehead atoms. The second kappa shape index (κ2) is 11.5. The predicted molar refractivity (Wildman–Crippen MR) is 135 cm³/mol. The number of nitrogens with zero attached hydrogens (tertiary/aromatic N) is 4. The Kier molecular flexibility index (Phi) is 7.96. The fourth-order valence-corrected chi connectivity index (χ4v) is 4.24. The molecule has 1 aliphatic rings. The lowest BCUT2D eigenvalue weighted by molar-refractivity contribution is -0.385. The van der Waals surface area contributed by atoms with Gasteiger partial charge in [0.2, 0.25) is 0 Å². The summed E-state index contributed by atoms with van der Waals surface area (Å²) in [5.41, 5.74) is 2.19. The van der Waals surface area contributed by atoms with Crippen LogP contribution >= 0.6 is 0 Å². The number of piperazine rings is 1. The summed E-state index contributed by atoms with van der Waals surface area (Å²) in [6, 6.07) is 15.7. The lowest BCUT2D eigenvalue weighted by atomic mass is 10.1. The van der Waals surface area contributed by atoms with Gasteiger partial charge < -0.3 is 19.7 Å². The summed E-state index contributed by atoms with van der Waals surface area (Å²) in [6.45, 7) is 3.56. The highest BCUT2D eigenvalue weighted by Gasteiger charge is 2.25.